The molecule has 2 aliphatic rings. The summed E-state index contributed by atoms with van der Waals surface area (Å²) in [4.78, 5) is 11.8. The maximum Gasteiger partial charge on any atom is 0.220 e. The fourth-order valence-electron chi connectivity index (χ4n) is 3.59. The van der Waals surface area contributed by atoms with Gasteiger partial charge in [0.15, 0.2) is 0 Å². The highest BCUT2D eigenvalue weighted by Gasteiger charge is 2.39. The van der Waals surface area contributed by atoms with Gasteiger partial charge in [0.05, 0.1) is 12.7 Å². The van der Waals surface area contributed by atoms with Crippen LogP contribution in [0.25, 0.3) is 0 Å². The molecule has 2 saturated carbocycles. The average Bonchev–Trinajstić information content (AvgIpc) is 2.91. The lowest BCUT2D eigenvalue weighted by Gasteiger charge is -2.21. The summed E-state index contributed by atoms with van der Waals surface area (Å²) < 4.78 is 4.84. The summed E-state index contributed by atoms with van der Waals surface area (Å²) in [6.45, 7) is 0.881. The van der Waals surface area contributed by atoms with Crippen LogP contribution >= 0.6 is 0 Å². The van der Waals surface area contributed by atoms with Gasteiger partial charge in [0.25, 0.3) is 0 Å². The fraction of sp³-hybridized carbons (Fsp3) is 0.929. The number of aliphatic hydroxyl groups excluding tert-OH is 1. The molecule has 0 radical (unpaired) electrons. The Morgan fingerprint density at radius 2 is 2.28 bits per heavy atom. The largest absolute Gasteiger partial charge is 0.391 e. The maximum absolute atomic E-state index is 11.8. The Labute approximate surface area is 109 Å². The number of carbonyl (C=O) groups is 1. The van der Waals surface area contributed by atoms with Crippen LogP contribution in [-0.2, 0) is 9.53 Å². The standard InChI is InChI=1S/C14H25NO3/c1-18-9-13(16)4-5-15-14(17)8-12-7-10-2-3-11(12)6-10/h10-13,16H,2-9H2,1H3,(H,15,17). The van der Waals surface area contributed by atoms with Crippen molar-refractivity contribution in [3.05, 3.63) is 0 Å². The number of carbonyl (C=O) groups excluding carboxylic acids is 1. The number of ether oxygens (including phenoxy) is 1. The van der Waals surface area contributed by atoms with Crippen molar-refractivity contribution in [3.63, 3.8) is 0 Å². The van der Waals surface area contributed by atoms with Crippen LogP contribution in [0.15, 0.2) is 0 Å². The van der Waals surface area contributed by atoms with Crippen molar-refractivity contribution in [2.75, 3.05) is 20.3 Å². The van der Waals surface area contributed by atoms with Crippen molar-refractivity contribution < 1.29 is 14.6 Å². The molecule has 0 aromatic carbocycles. The Kier molecular flexibility index (Phi) is 5.01. The van der Waals surface area contributed by atoms with E-state index in [9.17, 15) is 9.90 Å². The third-order valence-electron chi connectivity index (χ3n) is 4.49. The molecular weight excluding hydrogens is 230 g/mol. The quantitative estimate of drug-likeness (QED) is 0.721. The molecule has 18 heavy (non-hydrogen) atoms. The summed E-state index contributed by atoms with van der Waals surface area (Å²) in [5.74, 6) is 2.47. The molecule has 0 aromatic rings. The zero-order chi connectivity index (χ0) is 13.0. The molecule has 2 fully saturated rings. The van der Waals surface area contributed by atoms with E-state index >= 15 is 0 Å². The van der Waals surface area contributed by atoms with Gasteiger partial charge >= 0.3 is 0 Å². The van der Waals surface area contributed by atoms with E-state index in [1.807, 2.05) is 0 Å². The van der Waals surface area contributed by atoms with Gasteiger partial charge in [-0.1, -0.05) is 6.42 Å². The number of hydrogen-bond acceptors (Lipinski definition) is 3. The molecule has 1 amide bonds. The molecule has 0 saturated heterocycles. The molecule has 4 unspecified atom stereocenters. The number of rotatable bonds is 7. The molecule has 0 aliphatic heterocycles. The molecule has 0 heterocycles. The Balaban J connectivity index is 1.58. The van der Waals surface area contributed by atoms with E-state index < -0.39 is 6.10 Å². The zero-order valence-electron chi connectivity index (χ0n) is 11.2. The third kappa shape index (κ3) is 3.69. The van der Waals surface area contributed by atoms with Crippen LogP contribution in [0, 0.1) is 17.8 Å². The maximum atomic E-state index is 11.8. The molecule has 2 rings (SSSR count). The predicted molar refractivity (Wildman–Crippen MR) is 69.1 cm³/mol. The highest BCUT2D eigenvalue weighted by molar-refractivity contribution is 5.76. The average molecular weight is 255 g/mol. The van der Waals surface area contributed by atoms with Crippen LogP contribution in [0.4, 0.5) is 0 Å². The number of amides is 1. The summed E-state index contributed by atoms with van der Waals surface area (Å²) in [7, 11) is 1.57. The first kappa shape index (κ1) is 13.8. The number of nitrogens with one attached hydrogen (secondary N) is 1. The molecule has 4 atom stereocenters. The molecule has 2 bridgehead atoms. The summed E-state index contributed by atoms with van der Waals surface area (Å²) in [6, 6.07) is 0. The van der Waals surface area contributed by atoms with E-state index in [4.69, 9.17) is 4.74 Å². The molecule has 104 valence electrons. The molecule has 4 heteroatoms. The lowest BCUT2D eigenvalue weighted by molar-refractivity contribution is -0.122. The van der Waals surface area contributed by atoms with Gasteiger partial charge in [0, 0.05) is 20.1 Å². The van der Waals surface area contributed by atoms with Crippen molar-refractivity contribution in [1.29, 1.82) is 0 Å². The Morgan fingerprint density at radius 1 is 1.44 bits per heavy atom. The summed E-state index contributed by atoms with van der Waals surface area (Å²) in [6.07, 6.45) is 6.09. The summed E-state index contributed by atoms with van der Waals surface area (Å²) in [5, 5.41) is 12.4. The second-order valence-corrected chi connectivity index (χ2v) is 5.89. The number of methoxy groups -OCH3 is 1. The Hall–Kier alpha value is -0.610. The lowest BCUT2D eigenvalue weighted by Crippen LogP contribution is -2.30. The van der Waals surface area contributed by atoms with Crippen LogP contribution in [0.5, 0.6) is 0 Å². The van der Waals surface area contributed by atoms with E-state index in [1.165, 1.54) is 25.7 Å². The Bertz CT molecular complexity index is 282. The van der Waals surface area contributed by atoms with Gasteiger partial charge in [0.1, 0.15) is 0 Å². The van der Waals surface area contributed by atoms with Gasteiger partial charge in [-0.2, -0.15) is 0 Å². The lowest BCUT2D eigenvalue weighted by atomic mass is 9.86. The highest BCUT2D eigenvalue weighted by Crippen LogP contribution is 2.49. The monoisotopic (exact) mass is 255 g/mol. The first-order valence-corrected chi connectivity index (χ1v) is 7.12. The Morgan fingerprint density at radius 3 is 2.89 bits per heavy atom. The topological polar surface area (TPSA) is 58.6 Å². The smallest absolute Gasteiger partial charge is 0.220 e. The molecular formula is C14H25NO3. The number of aliphatic hydroxyl groups is 1. The first-order valence-electron chi connectivity index (χ1n) is 7.12. The minimum Gasteiger partial charge on any atom is -0.391 e. The minimum atomic E-state index is -0.474. The number of fused-ring (bicyclic) bond motifs is 2. The van der Waals surface area contributed by atoms with Crippen molar-refractivity contribution in [1.82, 2.24) is 5.32 Å². The zero-order valence-corrected chi connectivity index (χ0v) is 11.2. The van der Waals surface area contributed by atoms with Gasteiger partial charge in [-0.3, -0.25) is 4.79 Å². The molecule has 2 aliphatic carbocycles. The molecule has 0 aromatic heterocycles. The SMILES string of the molecule is COCC(O)CCNC(=O)CC1CC2CCC1C2. The van der Waals surface area contributed by atoms with Crippen molar-refractivity contribution in [2.24, 2.45) is 17.8 Å². The number of hydrogen-bond donors (Lipinski definition) is 2. The second-order valence-electron chi connectivity index (χ2n) is 5.89. The van der Waals surface area contributed by atoms with Crippen LogP contribution in [0.1, 0.15) is 38.5 Å². The van der Waals surface area contributed by atoms with Crippen molar-refractivity contribution >= 4 is 5.91 Å². The van der Waals surface area contributed by atoms with Crippen LogP contribution < -0.4 is 5.32 Å². The van der Waals surface area contributed by atoms with Gasteiger partial charge in [0.2, 0.25) is 5.91 Å². The normalized spacial score (nSPS) is 31.6. The van der Waals surface area contributed by atoms with Crippen LogP contribution in [0.2, 0.25) is 0 Å². The molecule has 4 nitrogen and oxygen atoms in total. The van der Waals surface area contributed by atoms with Crippen LogP contribution in [-0.4, -0.2) is 37.4 Å². The summed E-state index contributed by atoms with van der Waals surface area (Å²) in [5.41, 5.74) is 0. The van der Waals surface area contributed by atoms with E-state index in [2.05, 4.69) is 5.32 Å². The van der Waals surface area contributed by atoms with E-state index in [-0.39, 0.29) is 5.91 Å². The van der Waals surface area contributed by atoms with E-state index in [0.29, 0.717) is 31.9 Å². The van der Waals surface area contributed by atoms with E-state index in [1.54, 1.807) is 7.11 Å². The molecule has 0 spiro atoms. The predicted octanol–water partition coefficient (Wildman–Crippen LogP) is 1.33. The van der Waals surface area contributed by atoms with Crippen molar-refractivity contribution in [2.45, 2.75) is 44.6 Å². The van der Waals surface area contributed by atoms with Gasteiger partial charge in [-0.05, 0) is 43.4 Å². The summed E-state index contributed by atoms with van der Waals surface area (Å²) >= 11 is 0. The minimum absolute atomic E-state index is 0.150. The first-order chi connectivity index (χ1) is 8.69. The van der Waals surface area contributed by atoms with Gasteiger partial charge < -0.3 is 15.2 Å². The van der Waals surface area contributed by atoms with Crippen LogP contribution in [0.3, 0.4) is 0 Å². The van der Waals surface area contributed by atoms with Gasteiger partial charge in [-0.25, -0.2) is 0 Å². The highest BCUT2D eigenvalue weighted by atomic mass is 16.5. The fourth-order valence-corrected chi connectivity index (χ4v) is 3.59. The molecule has 2 N–H and O–H groups in total. The van der Waals surface area contributed by atoms with Gasteiger partial charge in [-0.15, -0.1) is 0 Å². The second kappa shape index (κ2) is 6.53. The third-order valence-corrected chi connectivity index (χ3v) is 4.49. The van der Waals surface area contributed by atoms with E-state index in [0.717, 1.165) is 11.8 Å². The van der Waals surface area contributed by atoms with Crippen molar-refractivity contribution in [3.8, 4) is 0 Å².